The van der Waals surface area contributed by atoms with Crippen LogP contribution >= 0.6 is 24.0 Å². The third kappa shape index (κ3) is 6.30. The lowest BCUT2D eigenvalue weighted by molar-refractivity contribution is 0.396. The number of aromatic nitrogens is 3. The van der Waals surface area contributed by atoms with Crippen LogP contribution < -0.4 is 10.6 Å². The molecule has 3 rings (SSSR count). The fourth-order valence-electron chi connectivity index (χ4n) is 3.47. The molecular formula is C17H31IN6O2S. The average Bonchev–Trinajstić information content (AvgIpc) is 3.11. The molecule has 1 aromatic heterocycles. The molecule has 10 heteroatoms. The predicted octanol–water partition coefficient (Wildman–Crippen LogP) is 1.67. The molecule has 2 aliphatic heterocycles. The Morgan fingerprint density at radius 1 is 1.37 bits per heavy atom. The molecular weight excluding hydrogens is 479 g/mol. The molecule has 154 valence electrons. The molecule has 0 spiro atoms. The number of hydrogen-bond donors (Lipinski definition) is 2. The van der Waals surface area contributed by atoms with Crippen molar-refractivity contribution in [3.63, 3.8) is 0 Å². The van der Waals surface area contributed by atoms with Gasteiger partial charge in [-0.25, -0.2) is 18.1 Å². The molecule has 8 nitrogen and oxygen atoms in total. The van der Waals surface area contributed by atoms with Crippen LogP contribution in [0.3, 0.4) is 0 Å². The summed E-state index contributed by atoms with van der Waals surface area (Å²) in [5.74, 6) is 3.67. The first-order valence-corrected chi connectivity index (χ1v) is 11.3. The summed E-state index contributed by atoms with van der Waals surface area (Å²) in [4.78, 5) is 9.25. The molecule has 0 aromatic carbocycles. The van der Waals surface area contributed by atoms with Crippen molar-refractivity contribution in [3.8, 4) is 0 Å². The Morgan fingerprint density at radius 2 is 2.15 bits per heavy atom. The summed E-state index contributed by atoms with van der Waals surface area (Å²) in [7, 11) is -2.86. The fraction of sp³-hybridized carbons (Fsp3) is 0.824. The molecule has 2 aliphatic rings. The molecule has 2 N–H and O–H groups in total. The molecule has 0 saturated carbocycles. The van der Waals surface area contributed by atoms with Gasteiger partial charge < -0.3 is 10.6 Å². The molecule has 2 unspecified atom stereocenters. The normalized spacial score (nSPS) is 24.4. The second-order valence-electron chi connectivity index (χ2n) is 7.81. The van der Waals surface area contributed by atoms with E-state index in [0.717, 1.165) is 50.0 Å². The fourth-order valence-corrected chi connectivity index (χ4v) is 5.33. The Hall–Kier alpha value is -0.910. The zero-order valence-electron chi connectivity index (χ0n) is 16.3. The summed E-state index contributed by atoms with van der Waals surface area (Å²) >= 11 is 0. The van der Waals surface area contributed by atoms with Crippen LogP contribution in [-0.4, -0.2) is 53.7 Å². The van der Waals surface area contributed by atoms with Crippen LogP contribution in [0, 0.1) is 18.8 Å². The van der Waals surface area contributed by atoms with E-state index in [1.807, 2.05) is 11.6 Å². The standard InChI is InChI=1S/C17H30N6O2S.HI/c1-12(2)9-18-17(19-10-14-6-8-26(24,25)11-14)21-15-5-4-7-23-16(15)20-13(3)22-23;/h12,14-15H,4-11H2,1-3H3,(H2,18,19,21);1H. The lowest BCUT2D eigenvalue weighted by atomic mass is 10.1. The minimum Gasteiger partial charge on any atom is -0.356 e. The molecule has 3 heterocycles. The predicted molar refractivity (Wildman–Crippen MR) is 117 cm³/mol. The third-order valence-electron chi connectivity index (χ3n) is 4.79. The first kappa shape index (κ1) is 22.4. The molecule has 0 aliphatic carbocycles. The van der Waals surface area contributed by atoms with E-state index in [1.54, 1.807) is 0 Å². The molecule has 0 bridgehead atoms. The Kier molecular flexibility index (Phi) is 7.90. The summed E-state index contributed by atoms with van der Waals surface area (Å²) in [5.41, 5.74) is 0. The topological polar surface area (TPSA) is 101 Å². The van der Waals surface area contributed by atoms with E-state index < -0.39 is 9.84 Å². The summed E-state index contributed by atoms with van der Waals surface area (Å²) in [6, 6.07) is 0.0793. The number of halogens is 1. The number of rotatable bonds is 5. The molecule has 0 radical (unpaired) electrons. The van der Waals surface area contributed by atoms with Crippen LogP contribution in [0.15, 0.2) is 4.99 Å². The van der Waals surface area contributed by atoms with Crippen LogP contribution in [0.1, 0.15) is 50.8 Å². The van der Waals surface area contributed by atoms with Gasteiger partial charge in [0.15, 0.2) is 15.8 Å². The van der Waals surface area contributed by atoms with Crippen molar-refractivity contribution >= 4 is 39.8 Å². The SMILES string of the molecule is Cc1nc2n(n1)CCCC2NC(=NCC(C)C)NCC1CCS(=O)(=O)C1.I. The van der Waals surface area contributed by atoms with Gasteiger partial charge >= 0.3 is 0 Å². The molecule has 1 saturated heterocycles. The minimum atomic E-state index is -2.86. The lowest BCUT2D eigenvalue weighted by Gasteiger charge is -2.25. The van der Waals surface area contributed by atoms with E-state index in [4.69, 9.17) is 0 Å². The number of aliphatic imine (C=N–C) groups is 1. The van der Waals surface area contributed by atoms with Gasteiger partial charge in [0.25, 0.3) is 0 Å². The zero-order valence-corrected chi connectivity index (χ0v) is 19.5. The average molecular weight is 510 g/mol. The second-order valence-corrected chi connectivity index (χ2v) is 10.0. The monoisotopic (exact) mass is 510 g/mol. The highest BCUT2D eigenvalue weighted by Gasteiger charge is 2.28. The molecule has 1 aromatic rings. The van der Waals surface area contributed by atoms with Gasteiger partial charge in [-0.3, -0.25) is 4.99 Å². The number of fused-ring (bicyclic) bond motifs is 1. The Labute approximate surface area is 178 Å². The van der Waals surface area contributed by atoms with Crippen LogP contribution in [0.25, 0.3) is 0 Å². The van der Waals surface area contributed by atoms with Gasteiger partial charge in [0.2, 0.25) is 0 Å². The highest BCUT2D eigenvalue weighted by atomic mass is 127. The van der Waals surface area contributed by atoms with Crippen molar-refractivity contribution in [2.75, 3.05) is 24.6 Å². The first-order valence-electron chi connectivity index (χ1n) is 9.49. The Balaban J connectivity index is 0.00000261. The maximum absolute atomic E-state index is 11.7. The van der Waals surface area contributed by atoms with Crippen LogP contribution in [-0.2, 0) is 16.4 Å². The van der Waals surface area contributed by atoms with Crippen LogP contribution in [0.4, 0.5) is 0 Å². The maximum Gasteiger partial charge on any atom is 0.191 e. The van der Waals surface area contributed by atoms with Crippen molar-refractivity contribution in [2.24, 2.45) is 16.8 Å². The van der Waals surface area contributed by atoms with E-state index in [0.29, 0.717) is 18.2 Å². The van der Waals surface area contributed by atoms with Crippen molar-refractivity contribution in [1.29, 1.82) is 0 Å². The van der Waals surface area contributed by atoms with Crippen molar-refractivity contribution in [1.82, 2.24) is 25.4 Å². The van der Waals surface area contributed by atoms with Gasteiger partial charge in [0, 0.05) is 19.6 Å². The van der Waals surface area contributed by atoms with E-state index in [9.17, 15) is 8.42 Å². The van der Waals surface area contributed by atoms with E-state index >= 15 is 0 Å². The number of guanidine groups is 1. The number of nitrogens with zero attached hydrogens (tertiary/aromatic N) is 4. The highest BCUT2D eigenvalue weighted by molar-refractivity contribution is 14.0. The first-order chi connectivity index (χ1) is 12.3. The van der Waals surface area contributed by atoms with Gasteiger partial charge in [0.05, 0.1) is 17.5 Å². The highest BCUT2D eigenvalue weighted by Crippen LogP contribution is 2.23. The molecule has 2 atom stereocenters. The number of aryl methyl sites for hydroxylation is 2. The second kappa shape index (κ2) is 9.53. The van der Waals surface area contributed by atoms with Crippen LogP contribution in [0.5, 0.6) is 0 Å². The number of hydrogen-bond acceptors (Lipinski definition) is 5. The lowest BCUT2D eigenvalue weighted by Crippen LogP contribution is -2.43. The Bertz CT molecular complexity index is 761. The van der Waals surface area contributed by atoms with E-state index in [-0.39, 0.29) is 41.7 Å². The van der Waals surface area contributed by atoms with Crippen LogP contribution in [0.2, 0.25) is 0 Å². The van der Waals surface area contributed by atoms with Crippen molar-refractivity contribution in [2.45, 2.75) is 52.6 Å². The van der Waals surface area contributed by atoms with Gasteiger partial charge in [-0.2, -0.15) is 5.10 Å². The summed E-state index contributed by atoms with van der Waals surface area (Å²) < 4.78 is 25.3. The molecule has 1 fully saturated rings. The van der Waals surface area contributed by atoms with Gasteiger partial charge in [-0.15, -0.1) is 24.0 Å². The van der Waals surface area contributed by atoms with E-state index in [2.05, 4.69) is 39.6 Å². The third-order valence-corrected chi connectivity index (χ3v) is 6.63. The van der Waals surface area contributed by atoms with Crippen molar-refractivity contribution in [3.05, 3.63) is 11.6 Å². The van der Waals surface area contributed by atoms with Crippen molar-refractivity contribution < 1.29 is 8.42 Å². The Morgan fingerprint density at radius 3 is 2.81 bits per heavy atom. The maximum atomic E-state index is 11.7. The summed E-state index contributed by atoms with van der Waals surface area (Å²) in [5, 5.41) is 11.3. The van der Waals surface area contributed by atoms with Gasteiger partial charge in [-0.05, 0) is 38.0 Å². The minimum absolute atomic E-state index is 0. The number of nitrogens with one attached hydrogen (secondary N) is 2. The summed E-state index contributed by atoms with van der Waals surface area (Å²) in [6.07, 6.45) is 2.76. The zero-order chi connectivity index (χ0) is 18.7. The molecule has 0 amide bonds. The molecule has 27 heavy (non-hydrogen) atoms. The summed E-state index contributed by atoms with van der Waals surface area (Å²) in [6.45, 7) is 8.42. The quantitative estimate of drug-likeness (QED) is 0.355. The number of sulfone groups is 1. The van der Waals surface area contributed by atoms with Gasteiger partial charge in [-0.1, -0.05) is 13.8 Å². The van der Waals surface area contributed by atoms with E-state index in [1.165, 1.54) is 0 Å². The largest absolute Gasteiger partial charge is 0.356 e. The smallest absolute Gasteiger partial charge is 0.191 e. The van der Waals surface area contributed by atoms with Gasteiger partial charge in [0.1, 0.15) is 11.6 Å².